The summed E-state index contributed by atoms with van der Waals surface area (Å²) in [5.74, 6) is 0.947. The van der Waals surface area contributed by atoms with E-state index < -0.39 is 6.10 Å². The van der Waals surface area contributed by atoms with Gasteiger partial charge in [-0.05, 0) is 43.3 Å². The molecule has 7 nitrogen and oxygen atoms in total. The maximum atomic E-state index is 11.6. The average Bonchev–Trinajstić information content (AvgIpc) is 3.18. The van der Waals surface area contributed by atoms with Gasteiger partial charge in [0, 0.05) is 19.5 Å². The van der Waals surface area contributed by atoms with Crippen molar-refractivity contribution in [1.29, 1.82) is 5.26 Å². The number of benzene rings is 1. The minimum absolute atomic E-state index is 0.0972. The molecule has 0 aliphatic rings. The van der Waals surface area contributed by atoms with Gasteiger partial charge in [-0.2, -0.15) is 5.26 Å². The Bertz CT molecular complexity index is 722. The summed E-state index contributed by atoms with van der Waals surface area (Å²) in [7, 11) is 0. The van der Waals surface area contributed by atoms with E-state index in [1.54, 1.807) is 43.5 Å². The lowest BCUT2D eigenvalue weighted by atomic mass is 10.2. The van der Waals surface area contributed by atoms with E-state index in [4.69, 9.17) is 19.2 Å². The van der Waals surface area contributed by atoms with E-state index in [1.165, 1.54) is 0 Å². The van der Waals surface area contributed by atoms with Crippen molar-refractivity contribution in [2.75, 3.05) is 26.3 Å². The topological polar surface area (TPSA) is 95.9 Å². The highest BCUT2D eigenvalue weighted by molar-refractivity contribution is 5.89. The predicted octanol–water partition coefficient (Wildman–Crippen LogP) is 2.61. The molecule has 0 saturated heterocycles. The number of carbonyl (C=O) groups excluding carboxylic acids is 1. The summed E-state index contributed by atoms with van der Waals surface area (Å²) >= 11 is 0. The van der Waals surface area contributed by atoms with Gasteiger partial charge in [-0.25, -0.2) is 4.79 Å². The first-order valence-electron chi connectivity index (χ1n) is 8.82. The number of furan rings is 1. The van der Waals surface area contributed by atoms with Crippen LogP contribution in [0.1, 0.15) is 29.5 Å². The molecule has 0 spiro atoms. The fraction of sp³-hybridized carbons (Fsp3) is 0.400. The third-order valence-electron chi connectivity index (χ3n) is 3.78. The van der Waals surface area contributed by atoms with E-state index in [0.717, 1.165) is 5.76 Å². The quantitative estimate of drug-likeness (QED) is 0.606. The normalized spacial score (nSPS) is 11.8. The van der Waals surface area contributed by atoms with Crippen molar-refractivity contribution in [1.82, 2.24) is 4.90 Å². The zero-order valence-corrected chi connectivity index (χ0v) is 15.3. The van der Waals surface area contributed by atoms with Gasteiger partial charge in [0.25, 0.3) is 0 Å². The Morgan fingerprint density at radius 3 is 2.74 bits per heavy atom. The molecule has 1 aromatic carbocycles. The van der Waals surface area contributed by atoms with E-state index in [-0.39, 0.29) is 12.6 Å². The second-order valence-corrected chi connectivity index (χ2v) is 5.93. The molecular formula is C20H24N2O5. The van der Waals surface area contributed by atoms with Crippen LogP contribution in [0, 0.1) is 11.3 Å². The lowest BCUT2D eigenvalue weighted by Crippen LogP contribution is -2.35. The molecule has 0 amide bonds. The molecule has 0 saturated carbocycles. The van der Waals surface area contributed by atoms with Crippen LogP contribution in [-0.4, -0.2) is 48.4 Å². The average molecular weight is 372 g/mol. The molecule has 0 aliphatic carbocycles. The van der Waals surface area contributed by atoms with Crippen molar-refractivity contribution in [3.05, 3.63) is 54.0 Å². The van der Waals surface area contributed by atoms with Crippen molar-refractivity contribution in [3.8, 4) is 11.8 Å². The highest BCUT2D eigenvalue weighted by atomic mass is 16.5. The minimum Gasteiger partial charge on any atom is -0.491 e. The molecule has 1 atom stereocenters. The standard InChI is InChI=1S/C20H24N2O5/c1-2-25-20(24)16-6-8-18(9-7-16)27-15-17(23)13-22(11-4-10-21)14-19-5-3-12-26-19/h3,5-9,12,17,23H,2,4,11,13-15H2,1H3/t17-/m0/s1. The number of hydrogen-bond acceptors (Lipinski definition) is 7. The monoisotopic (exact) mass is 372 g/mol. The smallest absolute Gasteiger partial charge is 0.338 e. The number of aliphatic hydroxyl groups excluding tert-OH is 1. The van der Waals surface area contributed by atoms with Crippen LogP contribution in [0.5, 0.6) is 5.75 Å². The van der Waals surface area contributed by atoms with Gasteiger partial charge < -0.3 is 19.0 Å². The summed E-state index contributed by atoms with van der Waals surface area (Å²) in [5.41, 5.74) is 0.450. The SMILES string of the molecule is CCOC(=O)c1ccc(OC[C@@H](O)CN(CCC#N)Cc2ccco2)cc1. The zero-order valence-electron chi connectivity index (χ0n) is 15.3. The predicted molar refractivity (Wildman–Crippen MR) is 98.1 cm³/mol. The highest BCUT2D eigenvalue weighted by Gasteiger charge is 2.14. The lowest BCUT2D eigenvalue weighted by Gasteiger charge is -2.23. The van der Waals surface area contributed by atoms with E-state index >= 15 is 0 Å². The minimum atomic E-state index is -0.733. The Hall–Kier alpha value is -2.82. The Kier molecular flexibility index (Phi) is 8.36. The molecule has 1 heterocycles. The fourth-order valence-electron chi connectivity index (χ4n) is 2.51. The Labute approximate surface area is 158 Å². The van der Waals surface area contributed by atoms with Crippen molar-refractivity contribution < 1.29 is 23.8 Å². The van der Waals surface area contributed by atoms with E-state index in [9.17, 15) is 9.90 Å². The number of aliphatic hydroxyl groups is 1. The van der Waals surface area contributed by atoms with Crippen LogP contribution in [0.3, 0.4) is 0 Å². The first-order valence-corrected chi connectivity index (χ1v) is 8.82. The lowest BCUT2D eigenvalue weighted by molar-refractivity contribution is 0.0525. The largest absolute Gasteiger partial charge is 0.491 e. The maximum Gasteiger partial charge on any atom is 0.338 e. The Morgan fingerprint density at radius 1 is 1.33 bits per heavy atom. The summed E-state index contributed by atoms with van der Waals surface area (Å²) in [5, 5.41) is 19.1. The summed E-state index contributed by atoms with van der Waals surface area (Å²) in [6, 6.07) is 12.3. The molecule has 0 aliphatic heterocycles. The van der Waals surface area contributed by atoms with Crippen molar-refractivity contribution in [2.45, 2.75) is 26.0 Å². The summed E-state index contributed by atoms with van der Waals surface area (Å²) in [6.45, 7) is 3.57. The summed E-state index contributed by atoms with van der Waals surface area (Å²) < 4.78 is 15.8. The zero-order chi connectivity index (χ0) is 19.5. The number of hydrogen-bond donors (Lipinski definition) is 1. The number of ether oxygens (including phenoxy) is 2. The molecule has 0 bridgehead atoms. The third-order valence-corrected chi connectivity index (χ3v) is 3.78. The van der Waals surface area contributed by atoms with Crippen LogP contribution >= 0.6 is 0 Å². The third kappa shape index (κ3) is 7.13. The maximum absolute atomic E-state index is 11.6. The Balaban J connectivity index is 1.83. The van der Waals surface area contributed by atoms with Gasteiger partial charge in [-0.3, -0.25) is 4.90 Å². The van der Waals surface area contributed by atoms with Gasteiger partial charge in [0.05, 0.1) is 31.0 Å². The van der Waals surface area contributed by atoms with Crippen molar-refractivity contribution in [3.63, 3.8) is 0 Å². The molecule has 27 heavy (non-hydrogen) atoms. The van der Waals surface area contributed by atoms with E-state index in [0.29, 0.717) is 44.0 Å². The molecule has 2 rings (SSSR count). The molecular weight excluding hydrogens is 348 g/mol. The molecule has 0 radical (unpaired) electrons. The summed E-state index contributed by atoms with van der Waals surface area (Å²) in [4.78, 5) is 13.6. The van der Waals surface area contributed by atoms with E-state index in [2.05, 4.69) is 6.07 Å². The molecule has 144 valence electrons. The van der Waals surface area contributed by atoms with Gasteiger partial charge in [0.1, 0.15) is 24.2 Å². The van der Waals surface area contributed by atoms with Crippen LogP contribution in [0.15, 0.2) is 47.1 Å². The molecule has 7 heteroatoms. The first-order chi connectivity index (χ1) is 13.1. The first kappa shape index (κ1) is 20.5. The van der Waals surface area contributed by atoms with Crippen LogP contribution in [0.2, 0.25) is 0 Å². The van der Waals surface area contributed by atoms with Crippen molar-refractivity contribution in [2.24, 2.45) is 0 Å². The molecule has 1 N–H and O–H groups in total. The van der Waals surface area contributed by atoms with Gasteiger partial charge in [0.2, 0.25) is 0 Å². The number of nitriles is 1. The van der Waals surface area contributed by atoms with Gasteiger partial charge in [-0.15, -0.1) is 0 Å². The number of esters is 1. The van der Waals surface area contributed by atoms with Gasteiger partial charge in [0.15, 0.2) is 0 Å². The van der Waals surface area contributed by atoms with E-state index in [1.807, 2.05) is 11.0 Å². The summed E-state index contributed by atoms with van der Waals surface area (Å²) in [6.07, 6.45) is 1.23. The second-order valence-electron chi connectivity index (χ2n) is 5.93. The molecule has 0 unspecified atom stereocenters. The van der Waals surface area contributed by atoms with Crippen LogP contribution < -0.4 is 4.74 Å². The number of nitrogens with zero attached hydrogens (tertiary/aromatic N) is 2. The Morgan fingerprint density at radius 2 is 2.11 bits per heavy atom. The second kappa shape index (κ2) is 11.0. The van der Waals surface area contributed by atoms with Gasteiger partial charge >= 0.3 is 5.97 Å². The highest BCUT2D eigenvalue weighted by Crippen LogP contribution is 2.14. The van der Waals surface area contributed by atoms with Gasteiger partial charge in [-0.1, -0.05) is 0 Å². The molecule has 2 aromatic rings. The number of carbonyl (C=O) groups is 1. The van der Waals surface area contributed by atoms with Crippen LogP contribution in [-0.2, 0) is 11.3 Å². The van der Waals surface area contributed by atoms with Crippen LogP contribution in [0.4, 0.5) is 0 Å². The van der Waals surface area contributed by atoms with Crippen LogP contribution in [0.25, 0.3) is 0 Å². The molecule has 0 fully saturated rings. The fourth-order valence-corrected chi connectivity index (χ4v) is 2.51. The van der Waals surface area contributed by atoms with Crippen molar-refractivity contribution >= 4 is 5.97 Å². The molecule has 1 aromatic heterocycles. The number of rotatable bonds is 11.